The van der Waals surface area contributed by atoms with Crippen LogP contribution >= 0.6 is 0 Å². The predicted molar refractivity (Wildman–Crippen MR) is 74.3 cm³/mol. The van der Waals surface area contributed by atoms with Gasteiger partial charge in [0.15, 0.2) is 0 Å². The van der Waals surface area contributed by atoms with Gasteiger partial charge in [-0.05, 0) is 44.5 Å². The predicted octanol–water partition coefficient (Wildman–Crippen LogP) is 3.20. The summed E-state index contributed by atoms with van der Waals surface area (Å²) >= 11 is 0. The number of hydrogen-bond donors (Lipinski definition) is 1. The largest absolute Gasteiger partial charge is 0.305 e. The first-order chi connectivity index (χ1) is 9.10. The van der Waals surface area contributed by atoms with Gasteiger partial charge in [-0.25, -0.2) is 4.39 Å². The molecule has 1 atom stereocenters. The van der Waals surface area contributed by atoms with E-state index in [1.807, 2.05) is 23.7 Å². The van der Waals surface area contributed by atoms with E-state index >= 15 is 0 Å². The van der Waals surface area contributed by atoms with Crippen LogP contribution in [0.5, 0.6) is 0 Å². The zero-order chi connectivity index (χ0) is 13.8. The molecule has 3 nitrogen and oxygen atoms in total. The van der Waals surface area contributed by atoms with Gasteiger partial charge in [0.1, 0.15) is 5.82 Å². The van der Waals surface area contributed by atoms with E-state index in [-0.39, 0.29) is 11.9 Å². The Kier molecular flexibility index (Phi) is 4.32. The van der Waals surface area contributed by atoms with Gasteiger partial charge in [-0.3, -0.25) is 4.68 Å². The second kappa shape index (κ2) is 5.97. The highest BCUT2D eigenvalue weighted by atomic mass is 19.1. The smallest absolute Gasteiger partial charge is 0.123 e. The molecule has 1 aromatic carbocycles. The Morgan fingerprint density at radius 3 is 2.63 bits per heavy atom. The molecule has 0 bridgehead atoms. The van der Waals surface area contributed by atoms with Crippen molar-refractivity contribution >= 4 is 0 Å². The van der Waals surface area contributed by atoms with Crippen LogP contribution in [0.2, 0.25) is 0 Å². The summed E-state index contributed by atoms with van der Waals surface area (Å²) in [6.45, 7) is 7.79. The third kappa shape index (κ3) is 3.41. The van der Waals surface area contributed by atoms with Gasteiger partial charge in [0.25, 0.3) is 0 Å². The zero-order valence-corrected chi connectivity index (χ0v) is 11.7. The Labute approximate surface area is 113 Å². The number of benzene rings is 1. The van der Waals surface area contributed by atoms with Gasteiger partial charge in [-0.2, -0.15) is 5.10 Å². The van der Waals surface area contributed by atoms with Gasteiger partial charge in [-0.1, -0.05) is 12.1 Å². The van der Waals surface area contributed by atoms with Crippen LogP contribution < -0.4 is 5.32 Å². The van der Waals surface area contributed by atoms with Crippen LogP contribution in [0.15, 0.2) is 30.3 Å². The molecule has 1 N–H and O–H groups in total. The maximum absolute atomic E-state index is 12.9. The fraction of sp³-hybridized carbons (Fsp3) is 0.400. The Morgan fingerprint density at radius 2 is 2.00 bits per heavy atom. The number of hydrogen-bond acceptors (Lipinski definition) is 2. The minimum Gasteiger partial charge on any atom is -0.305 e. The van der Waals surface area contributed by atoms with Gasteiger partial charge in [0, 0.05) is 19.1 Å². The number of nitrogens with one attached hydrogen (secondary N) is 1. The van der Waals surface area contributed by atoms with Crippen LogP contribution in [-0.2, 0) is 13.1 Å². The fourth-order valence-electron chi connectivity index (χ4n) is 2.14. The quantitative estimate of drug-likeness (QED) is 0.895. The van der Waals surface area contributed by atoms with Crippen LogP contribution in [-0.4, -0.2) is 9.78 Å². The van der Waals surface area contributed by atoms with E-state index < -0.39 is 0 Å². The molecule has 19 heavy (non-hydrogen) atoms. The average Bonchev–Trinajstić information content (AvgIpc) is 2.77. The second-order valence-corrected chi connectivity index (χ2v) is 4.75. The van der Waals surface area contributed by atoms with Crippen molar-refractivity contribution in [2.24, 2.45) is 0 Å². The summed E-state index contributed by atoms with van der Waals surface area (Å²) in [5, 5.41) is 7.86. The van der Waals surface area contributed by atoms with Gasteiger partial charge in [-0.15, -0.1) is 0 Å². The fourth-order valence-corrected chi connectivity index (χ4v) is 2.14. The van der Waals surface area contributed by atoms with Crippen molar-refractivity contribution in [3.05, 3.63) is 53.1 Å². The van der Waals surface area contributed by atoms with Crippen molar-refractivity contribution in [1.82, 2.24) is 15.1 Å². The molecule has 102 valence electrons. The number of nitrogens with zero attached hydrogens (tertiary/aromatic N) is 2. The minimum absolute atomic E-state index is 0.182. The lowest BCUT2D eigenvalue weighted by Gasteiger charge is -2.14. The lowest BCUT2D eigenvalue weighted by molar-refractivity contribution is 0.530. The van der Waals surface area contributed by atoms with Crippen LogP contribution in [0, 0.1) is 12.7 Å². The SMILES string of the molecule is CCn1nc(C)cc1CN[C@H](C)c1ccc(F)cc1. The molecule has 0 aliphatic rings. The van der Waals surface area contributed by atoms with Crippen molar-refractivity contribution < 1.29 is 4.39 Å². The Morgan fingerprint density at radius 1 is 1.32 bits per heavy atom. The lowest BCUT2D eigenvalue weighted by atomic mass is 10.1. The maximum atomic E-state index is 12.9. The highest BCUT2D eigenvalue weighted by molar-refractivity contribution is 5.19. The van der Waals surface area contributed by atoms with Gasteiger partial charge in [0.2, 0.25) is 0 Å². The first-order valence-electron chi connectivity index (χ1n) is 6.62. The molecule has 2 aromatic rings. The van der Waals surface area contributed by atoms with Crippen LogP contribution in [0.1, 0.15) is 36.8 Å². The lowest BCUT2D eigenvalue weighted by Crippen LogP contribution is -2.20. The molecule has 0 fully saturated rings. The van der Waals surface area contributed by atoms with Gasteiger partial charge < -0.3 is 5.32 Å². The van der Waals surface area contributed by atoms with Crippen LogP contribution in [0.4, 0.5) is 4.39 Å². The Balaban J connectivity index is 1.99. The molecule has 0 spiro atoms. The third-order valence-electron chi connectivity index (χ3n) is 3.24. The van der Waals surface area contributed by atoms with Crippen molar-refractivity contribution in [2.45, 2.75) is 39.9 Å². The van der Waals surface area contributed by atoms with E-state index in [4.69, 9.17) is 0 Å². The van der Waals surface area contributed by atoms with E-state index in [0.717, 1.165) is 24.3 Å². The summed E-state index contributed by atoms with van der Waals surface area (Å²) in [6.07, 6.45) is 0. The zero-order valence-electron chi connectivity index (χ0n) is 11.7. The monoisotopic (exact) mass is 261 g/mol. The highest BCUT2D eigenvalue weighted by Gasteiger charge is 2.08. The molecule has 0 unspecified atom stereocenters. The molecule has 0 aliphatic heterocycles. The summed E-state index contributed by atoms with van der Waals surface area (Å²) < 4.78 is 14.9. The molecule has 0 saturated carbocycles. The molecule has 1 heterocycles. The van der Waals surface area contributed by atoms with E-state index in [2.05, 4.69) is 30.3 Å². The van der Waals surface area contributed by atoms with Crippen molar-refractivity contribution in [3.63, 3.8) is 0 Å². The topological polar surface area (TPSA) is 29.9 Å². The number of aryl methyl sites for hydroxylation is 2. The number of halogens is 1. The third-order valence-corrected chi connectivity index (χ3v) is 3.24. The molecular weight excluding hydrogens is 241 g/mol. The van der Waals surface area contributed by atoms with Gasteiger partial charge in [0.05, 0.1) is 11.4 Å². The first kappa shape index (κ1) is 13.7. The molecule has 0 aliphatic carbocycles. The molecule has 0 amide bonds. The van der Waals surface area contributed by atoms with Crippen LogP contribution in [0.3, 0.4) is 0 Å². The van der Waals surface area contributed by atoms with E-state index in [0.29, 0.717) is 0 Å². The summed E-state index contributed by atoms with van der Waals surface area (Å²) in [5.74, 6) is -0.198. The molecule has 0 saturated heterocycles. The minimum atomic E-state index is -0.198. The molecular formula is C15H20FN3. The number of rotatable bonds is 5. The van der Waals surface area contributed by atoms with Crippen LogP contribution in [0.25, 0.3) is 0 Å². The summed E-state index contributed by atoms with van der Waals surface area (Å²) in [5.41, 5.74) is 3.29. The van der Waals surface area contributed by atoms with E-state index in [1.165, 1.54) is 17.8 Å². The summed E-state index contributed by atoms with van der Waals surface area (Å²) in [6, 6.07) is 8.89. The Hall–Kier alpha value is -1.68. The summed E-state index contributed by atoms with van der Waals surface area (Å²) in [4.78, 5) is 0. The second-order valence-electron chi connectivity index (χ2n) is 4.75. The molecule has 4 heteroatoms. The van der Waals surface area contributed by atoms with Crippen molar-refractivity contribution in [2.75, 3.05) is 0 Å². The first-order valence-corrected chi connectivity index (χ1v) is 6.62. The Bertz CT molecular complexity index is 531. The normalized spacial score (nSPS) is 12.6. The molecule has 0 radical (unpaired) electrons. The average molecular weight is 261 g/mol. The molecule has 2 rings (SSSR count). The van der Waals surface area contributed by atoms with E-state index in [1.54, 1.807) is 0 Å². The van der Waals surface area contributed by atoms with E-state index in [9.17, 15) is 4.39 Å². The molecule has 1 aromatic heterocycles. The highest BCUT2D eigenvalue weighted by Crippen LogP contribution is 2.14. The summed E-state index contributed by atoms with van der Waals surface area (Å²) in [7, 11) is 0. The van der Waals surface area contributed by atoms with Crippen molar-refractivity contribution in [1.29, 1.82) is 0 Å². The maximum Gasteiger partial charge on any atom is 0.123 e. The number of aromatic nitrogens is 2. The standard InChI is InChI=1S/C15H20FN3/c1-4-19-15(9-11(2)18-19)10-17-12(3)13-5-7-14(16)8-6-13/h5-9,12,17H,4,10H2,1-3H3/t12-/m1/s1. The van der Waals surface area contributed by atoms with Crippen molar-refractivity contribution in [3.8, 4) is 0 Å². The van der Waals surface area contributed by atoms with Gasteiger partial charge >= 0.3 is 0 Å².